The lowest BCUT2D eigenvalue weighted by Crippen LogP contribution is -2.16. The van der Waals surface area contributed by atoms with Gasteiger partial charge in [0, 0.05) is 39.3 Å². The summed E-state index contributed by atoms with van der Waals surface area (Å²) in [5.41, 5.74) is 21.8. The van der Waals surface area contributed by atoms with Crippen LogP contribution in [0.1, 0.15) is 36.1 Å². The Morgan fingerprint density at radius 3 is 1.25 bits per heavy atom. The second kappa shape index (κ2) is 15.6. The largest absolute Gasteiger partial charge is 0.310 e. The first-order chi connectivity index (χ1) is 29.9. The van der Waals surface area contributed by atoms with Crippen LogP contribution in [-0.4, -0.2) is 0 Å². The minimum absolute atomic E-state index is 0.102. The molecule has 0 heterocycles. The molecule has 0 aromatic heterocycles. The van der Waals surface area contributed by atoms with Gasteiger partial charge in [0.25, 0.3) is 0 Å². The molecular weight excluding hydrogens is 737 g/mol. The molecule has 0 saturated heterocycles. The van der Waals surface area contributed by atoms with E-state index in [4.69, 9.17) is 0 Å². The van der Waals surface area contributed by atoms with Gasteiger partial charge in [-0.25, -0.2) is 0 Å². The molecule has 0 atom stereocenters. The first-order valence-corrected chi connectivity index (χ1v) is 21.3. The first-order valence-electron chi connectivity index (χ1n) is 21.3. The van der Waals surface area contributed by atoms with E-state index in [1.165, 1.54) is 55.6 Å². The van der Waals surface area contributed by atoms with Crippen LogP contribution in [-0.2, 0) is 5.41 Å². The van der Waals surface area contributed by atoms with Gasteiger partial charge < -0.3 is 9.80 Å². The smallest absolute Gasteiger partial charge is 0.0540 e. The highest BCUT2D eigenvalue weighted by atomic mass is 15.1. The molecule has 0 unspecified atom stereocenters. The highest BCUT2D eigenvalue weighted by Gasteiger charge is 2.36. The zero-order chi connectivity index (χ0) is 41.5. The fourth-order valence-corrected chi connectivity index (χ4v) is 9.46. The van der Waals surface area contributed by atoms with Crippen molar-refractivity contribution in [1.29, 1.82) is 0 Å². The molecule has 0 spiro atoms. The lowest BCUT2D eigenvalue weighted by Gasteiger charge is -2.30. The Morgan fingerprint density at radius 2 is 0.705 bits per heavy atom. The van der Waals surface area contributed by atoms with E-state index in [0.29, 0.717) is 0 Å². The zero-order valence-electron chi connectivity index (χ0n) is 35.2. The molecule has 0 radical (unpaired) electrons. The third-order valence-corrected chi connectivity index (χ3v) is 12.6. The van der Waals surface area contributed by atoms with Gasteiger partial charge in [0.15, 0.2) is 0 Å². The molecular formula is C59H48N2. The predicted octanol–water partition coefficient (Wildman–Crippen LogP) is 16.6. The van der Waals surface area contributed by atoms with Gasteiger partial charge in [0.2, 0.25) is 0 Å². The Bertz CT molecular complexity index is 3020. The predicted molar refractivity (Wildman–Crippen MR) is 259 cm³/mol. The topological polar surface area (TPSA) is 6.48 Å². The molecule has 294 valence electrons. The van der Waals surface area contributed by atoms with Gasteiger partial charge in [-0.15, -0.1) is 0 Å². The summed E-state index contributed by atoms with van der Waals surface area (Å²) < 4.78 is 0. The van der Waals surface area contributed by atoms with Gasteiger partial charge in [-0.3, -0.25) is 0 Å². The Hall–Kier alpha value is -7.42. The van der Waals surface area contributed by atoms with Crippen molar-refractivity contribution in [1.82, 2.24) is 0 Å². The van der Waals surface area contributed by atoms with Crippen LogP contribution in [0.3, 0.4) is 0 Å². The van der Waals surface area contributed by atoms with Crippen molar-refractivity contribution in [2.45, 2.75) is 33.1 Å². The van der Waals surface area contributed by atoms with Gasteiger partial charge >= 0.3 is 0 Å². The fourth-order valence-electron chi connectivity index (χ4n) is 9.46. The summed E-state index contributed by atoms with van der Waals surface area (Å²) in [5, 5.41) is 0. The lowest BCUT2D eigenvalue weighted by atomic mass is 9.82. The molecule has 0 fully saturated rings. The number of anilines is 6. The monoisotopic (exact) mass is 784 g/mol. The van der Waals surface area contributed by atoms with Crippen molar-refractivity contribution in [3.05, 3.63) is 241 Å². The van der Waals surface area contributed by atoms with Crippen LogP contribution in [0.15, 0.2) is 218 Å². The maximum Gasteiger partial charge on any atom is 0.0540 e. The van der Waals surface area contributed by atoms with Gasteiger partial charge in [-0.05, 0) is 130 Å². The molecule has 9 aromatic rings. The number of nitrogens with zero attached hydrogens (tertiary/aromatic N) is 2. The van der Waals surface area contributed by atoms with E-state index in [2.05, 4.69) is 256 Å². The van der Waals surface area contributed by atoms with Crippen LogP contribution in [0, 0.1) is 13.8 Å². The van der Waals surface area contributed by atoms with Gasteiger partial charge in [0.05, 0.1) is 11.4 Å². The van der Waals surface area contributed by atoms with Crippen LogP contribution in [0.2, 0.25) is 0 Å². The summed E-state index contributed by atoms with van der Waals surface area (Å²) >= 11 is 0. The van der Waals surface area contributed by atoms with Gasteiger partial charge in [-0.2, -0.15) is 0 Å². The maximum absolute atomic E-state index is 2.42. The molecule has 2 heteroatoms. The Morgan fingerprint density at radius 1 is 0.295 bits per heavy atom. The van der Waals surface area contributed by atoms with Crippen molar-refractivity contribution in [3.63, 3.8) is 0 Å². The third-order valence-electron chi connectivity index (χ3n) is 12.6. The molecule has 0 N–H and O–H groups in total. The third kappa shape index (κ3) is 6.81. The van der Waals surface area contributed by atoms with Crippen LogP contribution in [0.4, 0.5) is 34.1 Å². The van der Waals surface area contributed by atoms with Crippen molar-refractivity contribution in [2.24, 2.45) is 0 Å². The average Bonchev–Trinajstić information content (AvgIpc) is 3.53. The van der Waals surface area contributed by atoms with E-state index in [1.807, 2.05) is 0 Å². The number of para-hydroxylation sites is 4. The Labute approximate surface area is 360 Å². The minimum Gasteiger partial charge on any atom is -0.310 e. The summed E-state index contributed by atoms with van der Waals surface area (Å²) in [6.07, 6.45) is 0. The van der Waals surface area contributed by atoms with Crippen molar-refractivity contribution in [3.8, 4) is 44.5 Å². The highest BCUT2D eigenvalue weighted by molar-refractivity contribution is 5.93. The summed E-state index contributed by atoms with van der Waals surface area (Å²) in [4.78, 5) is 4.81. The lowest BCUT2D eigenvalue weighted by molar-refractivity contribution is 0.660. The quantitative estimate of drug-likeness (QED) is 0.144. The van der Waals surface area contributed by atoms with E-state index in [0.717, 1.165) is 45.3 Å². The second-order valence-electron chi connectivity index (χ2n) is 16.7. The molecule has 0 amide bonds. The molecule has 0 saturated carbocycles. The van der Waals surface area contributed by atoms with Crippen molar-refractivity contribution < 1.29 is 0 Å². The second-order valence-corrected chi connectivity index (χ2v) is 16.7. The summed E-state index contributed by atoms with van der Waals surface area (Å²) in [5.74, 6) is 0. The molecule has 1 aliphatic carbocycles. The van der Waals surface area contributed by atoms with Crippen LogP contribution in [0.25, 0.3) is 44.5 Å². The summed E-state index contributed by atoms with van der Waals surface area (Å²) in [7, 11) is 0. The number of hydrogen-bond acceptors (Lipinski definition) is 2. The SMILES string of the molecule is Cc1ccccc1-c1ccc(N(c2ccccc2)c2ccccc2-c2ccc(-c3ccccc3N(c3ccccc3)c3ccc4c(c3)C(C)(C)c3ccccc3-4)cc2)cc1C. The zero-order valence-corrected chi connectivity index (χ0v) is 35.2. The minimum atomic E-state index is -0.102. The molecule has 0 bridgehead atoms. The van der Waals surface area contributed by atoms with E-state index in [1.54, 1.807) is 0 Å². The normalized spacial score (nSPS) is 12.4. The Kier molecular flexibility index (Phi) is 9.70. The summed E-state index contributed by atoms with van der Waals surface area (Å²) in [6, 6.07) is 79.6. The molecule has 61 heavy (non-hydrogen) atoms. The van der Waals surface area contributed by atoms with E-state index < -0.39 is 0 Å². The standard InChI is InChI=1S/C59H48N2/c1-41-19-11-12-24-49(41)50-37-35-47(39-42(50)2)60(45-20-7-5-8-21-45)57-29-17-14-25-51(57)43-31-33-44(34-32-43)52-26-15-18-30-58(52)61(46-22-9-6-10-23-46)48-36-38-54-53-27-13-16-28-55(53)59(3,4)56(54)40-48/h5-40H,1-4H3. The number of benzene rings is 9. The van der Waals surface area contributed by atoms with Crippen molar-refractivity contribution >= 4 is 34.1 Å². The van der Waals surface area contributed by atoms with Crippen molar-refractivity contribution in [2.75, 3.05) is 9.80 Å². The average molecular weight is 785 g/mol. The van der Waals surface area contributed by atoms with E-state index in [9.17, 15) is 0 Å². The van der Waals surface area contributed by atoms with Gasteiger partial charge in [0.1, 0.15) is 0 Å². The molecule has 10 rings (SSSR count). The van der Waals surface area contributed by atoms with E-state index in [-0.39, 0.29) is 5.41 Å². The van der Waals surface area contributed by atoms with Crippen LogP contribution >= 0.6 is 0 Å². The highest BCUT2D eigenvalue weighted by Crippen LogP contribution is 2.51. The molecule has 0 aliphatic heterocycles. The molecule has 2 nitrogen and oxygen atoms in total. The maximum atomic E-state index is 2.42. The Balaban J connectivity index is 1.04. The fraction of sp³-hybridized carbons (Fsp3) is 0.0847. The summed E-state index contributed by atoms with van der Waals surface area (Å²) in [6.45, 7) is 9.11. The number of rotatable bonds is 9. The first kappa shape index (κ1) is 37.8. The molecule has 9 aromatic carbocycles. The number of hydrogen-bond donors (Lipinski definition) is 0. The number of fused-ring (bicyclic) bond motifs is 3. The van der Waals surface area contributed by atoms with Crippen LogP contribution < -0.4 is 9.80 Å². The molecule has 1 aliphatic rings. The number of aryl methyl sites for hydroxylation is 2. The van der Waals surface area contributed by atoms with Crippen LogP contribution in [0.5, 0.6) is 0 Å². The van der Waals surface area contributed by atoms with E-state index >= 15 is 0 Å². The van der Waals surface area contributed by atoms with Gasteiger partial charge in [-0.1, -0.05) is 172 Å².